The van der Waals surface area contributed by atoms with Crippen LogP contribution in [-0.2, 0) is 7.05 Å². The van der Waals surface area contributed by atoms with Crippen LogP contribution in [0.3, 0.4) is 0 Å². The summed E-state index contributed by atoms with van der Waals surface area (Å²) < 4.78 is 2.32. The largest absolute Gasteiger partial charge is 0.369 e. The highest BCUT2D eigenvalue weighted by atomic mass is 79.9. The number of nitrogens with one attached hydrogen (secondary N) is 1. The third kappa shape index (κ3) is 2.04. The van der Waals surface area contributed by atoms with Gasteiger partial charge in [0.25, 0.3) is 0 Å². The zero-order valence-corrected chi connectivity index (χ0v) is 10.6. The van der Waals surface area contributed by atoms with Gasteiger partial charge >= 0.3 is 0 Å². The van der Waals surface area contributed by atoms with E-state index in [-0.39, 0.29) is 0 Å². The molecule has 2 aromatic rings. The van der Waals surface area contributed by atoms with Crippen LogP contribution < -0.4 is 5.32 Å². The van der Waals surface area contributed by atoms with Crippen molar-refractivity contribution in [3.63, 3.8) is 0 Å². The van der Waals surface area contributed by atoms with Crippen LogP contribution in [0.4, 0.5) is 5.82 Å². The summed E-state index contributed by atoms with van der Waals surface area (Å²) in [5, 5.41) is 10.9. The molecule has 0 atom stereocenters. The van der Waals surface area contributed by atoms with Crippen molar-refractivity contribution in [3.05, 3.63) is 17.0 Å². The number of hydrogen-bond acceptors (Lipinski definition) is 5. The summed E-state index contributed by atoms with van der Waals surface area (Å²) in [6, 6.07) is 0. The monoisotopic (exact) mass is 282 g/mol. The fourth-order valence-corrected chi connectivity index (χ4v) is 1.88. The second-order valence-corrected chi connectivity index (χ2v) is 3.92. The summed E-state index contributed by atoms with van der Waals surface area (Å²) in [7, 11) is 1.81. The molecule has 7 heteroatoms. The maximum atomic E-state index is 4.42. The molecule has 0 aliphatic heterocycles. The number of anilines is 1. The lowest BCUT2D eigenvalue weighted by Gasteiger charge is -2.04. The summed E-state index contributed by atoms with van der Waals surface area (Å²) in [6.45, 7) is 2.82. The van der Waals surface area contributed by atoms with Crippen LogP contribution in [0, 0.1) is 0 Å². The molecule has 0 aromatic carbocycles. The van der Waals surface area contributed by atoms with Crippen molar-refractivity contribution in [2.75, 3.05) is 11.9 Å². The minimum Gasteiger partial charge on any atom is -0.369 e. The van der Waals surface area contributed by atoms with Crippen LogP contribution >= 0.6 is 15.9 Å². The van der Waals surface area contributed by atoms with Gasteiger partial charge < -0.3 is 5.32 Å². The second-order valence-electron chi connectivity index (χ2n) is 3.17. The molecule has 0 saturated carbocycles. The van der Waals surface area contributed by atoms with E-state index < -0.39 is 0 Å². The molecule has 6 nitrogen and oxygen atoms in total. The lowest BCUT2D eigenvalue weighted by Crippen LogP contribution is -2.02. The summed E-state index contributed by atoms with van der Waals surface area (Å²) in [6.07, 6.45) is 3.37. The van der Waals surface area contributed by atoms with Gasteiger partial charge in [-0.25, -0.2) is 9.67 Å². The van der Waals surface area contributed by atoms with Crippen molar-refractivity contribution in [3.8, 4) is 11.4 Å². The predicted molar refractivity (Wildman–Crippen MR) is 63.9 cm³/mol. The zero-order chi connectivity index (χ0) is 11.5. The quantitative estimate of drug-likeness (QED) is 0.923. The lowest BCUT2D eigenvalue weighted by molar-refractivity contribution is 0.718. The Balaban J connectivity index is 2.44. The van der Waals surface area contributed by atoms with Gasteiger partial charge in [-0.15, -0.1) is 5.10 Å². The van der Waals surface area contributed by atoms with Crippen LogP contribution in [-0.4, -0.2) is 31.5 Å². The molecule has 0 fully saturated rings. The van der Waals surface area contributed by atoms with Crippen molar-refractivity contribution >= 4 is 21.7 Å². The third-order valence-electron chi connectivity index (χ3n) is 2.02. The van der Waals surface area contributed by atoms with Gasteiger partial charge in [0.05, 0.1) is 12.4 Å². The molecule has 0 aliphatic rings. The number of hydrogen-bond donors (Lipinski definition) is 1. The SMILES string of the molecule is CCNc1cncc(-c2c(Br)nnn2C)n1. The Morgan fingerprint density at radius 3 is 2.88 bits per heavy atom. The summed E-state index contributed by atoms with van der Waals surface area (Å²) >= 11 is 3.33. The topological polar surface area (TPSA) is 68.5 Å². The molecule has 2 heterocycles. The van der Waals surface area contributed by atoms with Gasteiger partial charge in [-0.1, -0.05) is 5.21 Å². The van der Waals surface area contributed by atoms with Crippen LogP contribution in [0.2, 0.25) is 0 Å². The molecular formula is C9H11BrN6. The molecule has 0 unspecified atom stereocenters. The number of aromatic nitrogens is 5. The van der Waals surface area contributed by atoms with Gasteiger partial charge in [-0.05, 0) is 22.9 Å². The van der Waals surface area contributed by atoms with Crippen molar-refractivity contribution in [1.82, 2.24) is 25.0 Å². The first kappa shape index (κ1) is 11.0. The van der Waals surface area contributed by atoms with Crippen LogP contribution in [0.1, 0.15) is 6.92 Å². The molecule has 16 heavy (non-hydrogen) atoms. The molecule has 0 radical (unpaired) electrons. The molecule has 1 N–H and O–H groups in total. The minimum atomic E-state index is 0.665. The Labute approximate surface area is 101 Å². The highest BCUT2D eigenvalue weighted by Crippen LogP contribution is 2.23. The second kappa shape index (κ2) is 4.56. The van der Waals surface area contributed by atoms with Crippen molar-refractivity contribution in [1.29, 1.82) is 0 Å². The van der Waals surface area contributed by atoms with E-state index in [9.17, 15) is 0 Å². The molecule has 2 aromatic heterocycles. The predicted octanol–water partition coefficient (Wildman–Crippen LogP) is 1.47. The first-order chi connectivity index (χ1) is 7.72. The first-order valence-electron chi connectivity index (χ1n) is 4.84. The maximum absolute atomic E-state index is 4.42. The number of halogens is 1. The van der Waals surface area contributed by atoms with Gasteiger partial charge in [0.15, 0.2) is 4.60 Å². The van der Waals surface area contributed by atoms with E-state index in [1.165, 1.54) is 0 Å². The van der Waals surface area contributed by atoms with E-state index in [1.807, 2.05) is 14.0 Å². The molecule has 0 aliphatic carbocycles. The Bertz CT molecular complexity index is 475. The average molecular weight is 283 g/mol. The van der Waals surface area contributed by atoms with E-state index in [0.29, 0.717) is 4.60 Å². The van der Waals surface area contributed by atoms with Gasteiger partial charge in [0.1, 0.15) is 17.2 Å². The minimum absolute atomic E-state index is 0.665. The molecule has 0 spiro atoms. The zero-order valence-electron chi connectivity index (χ0n) is 8.98. The van der Waals surface area contributed by atoms with Gasteiger partial charge in [0.2, 0.25) is 0 Å². The molecule has 0 saturated heterocycles. The van der Waals surface area contributed by atoms with E-state index in [1.54, 1.807) is 17.1 Å². The maximum Gasteiger partial charge on any atom is 0.157 e. The fourth-order valence-electron chi connectivity index (χ4n) is 1.35. The number of rotatable bonds is 3. The Morgan fingerprint density at radius 1 is 1.44 bits per heavy atom. The van der Waals surface area contributed by atoms with Crippen LogP contribution in [0.5, 0.6) is 0 Å². The summed E-state index contributed by atoms with van der Waals surface area (Å²) in [5.41, 5.74) is 1.55. The van der Waals surface area contributed by atoms with Crippen LogP contribution in [0.15, 0.2) is 17.0 Å². The first-order valence-corrected chi connectivity index (χ1v) is 5.63. The Morgan fingerprint density at radius 2 is 2.25 bits per heavy atom. The normalized spacial score (nSPS) is 10.4. The standard InChI is InChI=1S/C9H11BrN6/c1-3-12-7-5-11-4-6(13-7)8-9(10)14-15-16(8)2/h4-5H,3H2,1-2H3,(H,12,13). The van der Waals surface area contributed by atoms with Gasteiger partial charge in [-0.3, -0.25) is 4.98 Å². The summed E-state index contributed by atoms with van der Waals surface area (Å²) in [5.74, 6) is 0.744. The van der Waals surface area contributed by atoms with Crippen LogP contribution in [0.25, 0.3) is 11.4 Å². The summed E-state index contributed by atoms with van der Waals surface area (Å²) in [4.78, 5) is 8.55. The Hall–Kier alpha value is -1.50. The van der Waals surface area contributed by atoms with E-state index in [0.717, 1.165) is 23.8 Å². The van der Waals surface area contributed by atoms with E-state index >= 15 is 0 Å². The molecule has 2 rings (SSSR count). The number of nitrogens with zero attached hydrogens (tertiary/aromatic N) is 5. The Kier molecular flexibility index (Phi) is 3.14. The van der Waals surface area contributed by atoms with Gasteiger partial charge in [-0.2, -0.15) is 0 Å². The molecule has 0 amide bonds. The van der Waals surface area contributed by atoms with Gasteiger partial charge in [0, 0.05) is 13.6 Å². The highest BCUT2D eigenvalue weighted by Gasteiger charge is 2.12. The lowest BCUT2D eigenvalue weighted by atomic mass is 10.3. The molecule has 84 valence electrons. The third-order valence-corrected chi connectivity index (χ3v) is 2.55. The number of aryl methyl sites for hydroxylation is 1. The van der Waals surface area contributed by atoms with Crippen molar-refractivity contribution in [2.45, 2.75) is 6.92 Å². The smallest absolute Gasteiger partial charge is 0.157 e. The van der Waals surface area contributed by atoms with E-state index in [2.05, 4.69) is 41.5 Å². The molecule has 0 bridgehead atoms. The molecular weight excluding hydrogens is 272 g/mol. The highest BCUT2D eigenvalue weighted by molar-refractivity contribution is 9.10. The average Bonchev–Trinajstić information content (AvgIpc) is 2.59. The van der Waals surface area contributed by atoms with Crippen molar-refractivity contribution in [2.24, 2.45) is 7.05 Å². The fraction of sp³-hybridized carbons (Fsp3) is 0.333. The van der Waals surface area contributed by atoms with Crippen molar-refractivity contribution < 1.29 is 0 Å². The van der Waals surface area contributed by atoms with E-state index in [4.69, 9.17) is 0 Å².